The summed E-state index contributed by atoms with van der Waals surface area (Å²) in [7, 11) is 3.43. The van der Waals surface area contributed by atoms with Gasteiger partial charge in [0.25, 0.3) is 5.91 Å². The zero-order valence-corrected chi connectivity index (χ0v) is 18.2. The Morgan fingerprint density at radius 1 is 1.00 bits per heavy atom. The van der Waals surface area contributed by atoms with Gasteiger partial charge in [-0.1, -0.05) is 30.3 Å². The van der Waals surface area contributed by atoms with Crippen molar-refractivity contribution in [2.24, 2.45) is 0 Å². The summed E-state index contributed by atoms with van der Waals surface area (Å²) in [4.78, 5) is 38.2. The number of anilines is 1. The quantitative estimate of drug-likeness (QED) is 0.623. The normalized spacial score (nSPS) is 11.7. The van der Waals surface area contributed by atoms with Crippen LogP contribution in [0, 0.1) is 13.8 Å². The number of hydrogen-bond acceptors (Lipinski definition) is 4. The van der Waals surface area contributed by atoms with Gasteiger partial charge in [0.05, 0.1) is 12.6 Å². The van der Waals surface area contributed by atoms with Crippen molar-refractivity contribution < 1.29 is 14.4 Å². The molecule has 0 aliphatic carbocycles. The molecule has 1 atom stereocenters. The third-order valence-corrected chi connectivity index (χ3v) is 5.08. The topological polar surface area (TPSA) is 90.5 Å². The molecule has 3 amide bonds. The first-order chi connectivity index (χ1) is 14.2. The van der Waals surface area contributed by atoms with Crippen LogP contribution in [0.4, 0.5) is 5.69 Å². The van der Waals surface area contributed by atoms with Crippen molar-refractivity contribution in [1.29, 1.82) is 0 Å². The van der Waals surface area contributed by atoms with E-state index >= 15 is 0 Å². The molecule has 0 spiro atoms. The van der Waals surface area contributed by atoms with Crippen LogP contribution >= 0.6 is 0 Å². The maximum Gasteiger partial charge on any atom is 0.251 e. The van der Waals surface area contributed by atoms with Crippen molar-refractivity contribution in [2.75, 3.05) is 26.0 Å². The van der Waals surface area contributed by atoms with Crippen LogP contribution in [-0.2, 0) is 16.1 Å². The third kappa shape index (κ3) is 6.15. The van der Waals surface area contributed by atoms with Gasteiger partial charge in [0.15, 0.2) is 0 Å². The number of rotatable bonds is 8. The van der Waals surface area contributed by atoms with Gasteiger partial charge in [0.1, 0.15) is 0 Å². The summed E-state index contributed by atoms with van der Waals surface area (Å²) in [6.07, 6.45) is 0. The Bertz CT molecular complexity index is 889. The fourth-order valence-corrected chi connectivity index (χ4v) is 3.04. The maximum atomic E-state index is 12.5. The molecule has 3 N–H and O–H groups in total. The Morgan fingerprint density at radius 2 is 1.60 bits per heavy atom. The number of nitrogens with one attached hydrogen (secondary N) is 3. The first-order valence-electron chi connectivity index (χ1n) is 9.88. The molecule has 2 rings (SSSR count). The molecular weight excluding hydrogens is 380 g/mol. The highest BCUT2D eigenvalue weighted by atomic mass is 16.2. The fraction of sp³-hybridized carbons (Fsp3) is 0.348. The van der Waals surface area contributed by atoms with Crippen LogP contribution in [0.25, 0.3) is 0 Å². The second-order valence-corrected chi connectivity index (χ2v) is 7.40. The molecule has 0 saturated heterocycles. The number of likely N-dealkylation sites (N-methyl/N-ethyl adjacent to an activating group) is 1. The van der Waals surface area contributed by atoms with Crippen LogP contribution in [0.3, 0.4) is 0 Å². The van der Waals surface area contributed by atoms with Gasteiger partial charge in [-0.25, -0.2) is 0 Å². The average molecular weight is 411 g/mol. The lowest BCUT2D eigenvalue weighted by Gasteiger charge is -2.24. The van der Waals surface area contributed by atoms with E-state index in [1.807, 2.05) is 56.1 Å². The molecule has 7 nitrogen and oxygen atoms in total. The van der Waals surface area contributed by atoms with Gasteiger partial charge in [-0.15, -0.1) is 0 Å². The summed E-state index contributed by atoms with van der Waals surface area (Å²) >= 11 is 0. The predicted octanol–water partition coefficient (Wildman–Crippen LogP) is 2.24. The minimum atomic E-state index is -0.420. The van der Waals surface area contributed by atoms with E-state index in [4.69, 9.17) is 0 Å². The molecule has 0 saturated carbocycles. The second kappa shape index (κ2) is 10.5. The Kier molecular flexibility index (Phi) is 8.12. The van der Waals surface area contributed by atoms with Crippen LogP contribution in [0.5, 0.6) is 0 Å². The Labute approximate surface area is 177 Å². The maximum absolute atomic E-state index is 12.5. The zero-order chi connectivity index (χ0) is 22.3. The molecule has 2 aromatic carbocycles. The van der Waals surface area contributed by atoms with E-state index in [0.717, 1.165) is 22.4 Å². The van der Waals surface area contributed by atoms with E-state index in [2.05, 4.69) is 16.0 Å². The van der Waals surface area contributed by atoms with Crippen LogP contribution in [0.15, 0.2) is 42.5 Å². The summed E-state index contributed by atoms with van der Waals surface area (Å²) in [6.45, 7) is 6.10. The highest BCUT2D eigenvalue weighted by Crippen LogP contribution is 2.19. The lowest BCUT2D eigenvalue weighted by Crippen LogP contribution is -2.45. The lowest BCUT2D eigenvalue weighted by molar-refractivity contribution is -0.127. The molecule has 0 fully saturated rings. The second-order valence-electron chi connectivity index (χ2n) is 7.40. The highest BCUT2D eigenvalue weighted by molar-refractivity contribution is 5.96. The molecule has 7 heteroatoms. The zero-order valence-electron chi connectivity index (χ0n) is 18.2. The number of aryl methyl sites for hydroxylation is 2. The number of nitrogens with zero attached hydrogens (tertiary/aromatic N) is 1. The van der Waals surface area contributed by atoms with Crippen molar-refractivity contribution in [3.63, 3.8) is 0 Å². The molecule has 0 bridgehead atoms. The number of benzene rings is 2. The summed E-state index contributed by atoms with van der Waals surface area (Å²) < 4.78 is 0. The van der Waals surface area contributed by atoms with E-state index in [1.165, 1.54) is 0 Å². The fourth-order valence-electron chi connectivity index (χ4n) is 3.04. The van der Waals surface area contributed by atoms with Crippen molar-refractivity contribution in [1.82, 2.24) is 15.5 Å². The number of amides is 3. The van der Waals surface area contributed by atoms with Crippen LogP contribution in [0.1, 0.15) is 34.0 Å². The van der Waals surface area contributed by atoms with E-state index in [9.17, 15) is 14.4 Å². The van der Waals surface area contributed by atoms with Gasteiger partial charge in [0.2, 0.25) is 11.8 Å². The summed E-state index contributed by atoms with van der Waals surface area (Å²) in [5, 5.41) is 8.14. The lowest BCUT2D eigenvalue weighted by atomic mass is 10.1. The van der Waals surface area contributed by atoms with Crippen LogP contribution in [0.2, 0.25) is 0 Å². The SMILES string of the molecule is CNC(=O)c1ccc(CN(C)[C@@H](C)C(=O)NCC(=O)Nc2c(C)cccc2C)cc1. The van der Waals surface area contributed by atoms with Gasteiger partial charge < -0.3 is 16.0 Å². The molecular formula is C23H30N4O3. The number of carbonyl (C=O) groups excluding carboxylic acids is 3. The highest BCUT2D eigenvalue weighted by Gasteiger charge is 2.19. The Balaban J connectivity index is 1.86. The minimum absolute atomic E-state index is 0.0917. The first-order valence-corrected chi connectivity index (χ1v) is 9.88. The average Bonchev–Trinajstić information content (AvgIpc) is 2.74. The molecule has 0 aliphatic heterocycles. The predicted molar refractivity (Wildman–Crippen MR) is 118 cm³/mol. The van der Waals surface area contributed by atoms with Crippen molar-refractivity contribution in [3.8, 4) is 0 Å². The smallest absolute Gasteiger partial charge is 0.251 e. The van der Waals surface area contributed by atoms with Gasteiger partial charge in [-0.3, -0.25) is 19.3 Å². The standard InChI is InChI=1S/C23H30N4O3/c1-15-7-6-8-16(2)21(15)26-20(28)13-25-22(29)17(3)27(5)14-18-9-11-19(12-10-18)23(30)24-4/h6-12,17H,13-14H2,1-5H3,(H,24,30)(H,25,29)(H,26,28)/t17-/m0/s1. The molecule has 0 aliphatic rings. The first kappa shape index (κ1) is 23.1. The molecule has 0 aromatic heterocycles. The molecule has 2 aromatic rings. The molecule has 0 unspecified atom stereocenters. The monoisotopic (exact) mass is 410 g/mol. The summed E-state index contributed by atoms with van der Waals surface area (Å²) in [6, 6.07) is 12.6. The number of hydrogen-bond donors (Lipinski definition) is 3. The molecule has 0 radical (unpaired) electrons. The van der Waals surface area contributed by atoms with E-state index in [1.54, 1.807) is 26.1 Å². The van der Waals surface area contributed by atoms with Gasteiger partial charge in [0, 0.05) is 24.8 Å². The summed E-state index contributed by atoms with van der Waals surface area (Å²) in [5.41, 5.74) is 4.31. The molecule has 0 heterocycles. The van der Waals surface area contributed by atoms with E-state index in [0.29, 0.717) is 12.1 Å². The largest absolute Gasteiger partial charge is 0.355 e. The number of carbonyl (C=O) groups is 3. The minimum Gasteiger partial charge on any atom is -0.355 e. The van der Waals surface area contributed by atoms with Crippen molar-refractivity contribution in [2.45, 2.75) is 33.4 Å². The van der Waals surface area contributed by atoms with Crippen LogP contribution < -0.4 is 16.0 Å². The van der Waals surface area contributed by atoms with E-state index in [-0.39, 0.29) is 24.3 Å². The van der Waals surface area contributed by atoms with Gasteiger partial charge in [-0.05, 0) is 56.6 Å². The Hall–Kier alpha value is -3.19. The van der Waals surface area contributed by atoms with Gasteiger partial charge in [-0.2, -0.15) is 0 Å². The van der Waals surface area contributed by atoms with E-state index < -0.39 is 6.04 Å². The molecule has 160 valence electrons. The Morgan fingerprint density at radius 3 is 2.17 bits per heavy atom. The van der Waals surface area contributed by atoms with Crippen molar-refractivity contribution in [3.05, 3.63) is 64.7 Å². The summed E-state index contributed by atoms with van der Waals surface area (Å²) in [5.74, 6) is -0.627. The third-order valence-electron chi connectivity index (χ3n) is 5.08. The van der Waals surface area contributed by atoms with Crippen molar-refractivity contribution >= 4 is 23.4 Å². The van der Waals surface area contributed by atoms with Gasteiger partial charge >= 0.3 is 0 Å². The molecule has 30 heavy (non-hydrogen) atoms. The number of para-hydroxylation sites is 1. The van der Waals surface area contributed by atoms with Crippen LogP contribution in [-0.4, -0.2) is 49.3 Å².